The van der Waals surface area contributed by atoms with Gasteiger partial charge in [-0.1, -0.05) is 6.07 Å². The highest BCUT2D eigenvalue weighted by Gasteiger charge is 2.08. The predicted octanol–water partition coefficient (Wildman–Crippen LogP) is 2.18. The predicted molar refractivity (Wildman–Crippen MR) is 67.7 cm³/mol. The molecule has 0 aromatic carbocycles. The molecule has 3 rings (SSSR count). The van der Waals surface area contributed by atoms with E-state index < -0.39 is 0 Å². The maximum absolute atomic E-state index is 9.08. The summed E-state index contributed by atoms with van der Waals surface area (Å²) in [6, 6.07) is 11.4. The second kappa shape index (κ2) is 4.18. The van der Waals surface area contributed by atoms with Gasteiger partial charge >= 0.3 is 0 Å². The van der Waals surface area contributed by atoms with Crippen LogP contribution in [-0.2, 0) is 0 Å². The molecule has 0 saturated heterocycles. The minimum atomic E-state index is 0.585. The molecule has 0 aliphatic heterocycles. The molecular weight excluding hydrogens is 226 g/mol. The number of anilines is 1. The quantitative estimate of drug-likeness (QED) is 0.739. The lowest BCUT2D eigenvalue weighted by Crippen LogP contribution is -2.09. The van der Waals surface area contributed by atoms with Crippen molar-refractivity contribution in [1.82, 2.24) is 14.6 Å². The summed E-state index contributed by atoms with van der Waals surface area (Å²) >= 11 is 0. The smallest absolute Gasteiger partial charge is 0.160 e. The number of hydrogen-bond acceptors (Lipinski definition) is 4. The number of nitrogens with zero attached hydrogens (tertiary/aromatic N) is 4. The third-order valence-corrected chi connectivity index (χ3v) is 2.58. The highest BCUT2D eigenvalue weighted by atomic mass is 15.4. The summed E-state index contributed by atoms with van der Waals surface area (Å²) < 4.78 is 1.70. The van der Waals surface area contributed by atoms with Crippen molar-refractivity contribution in [2.45, 2.75) is 0 Å². The highest BCUT2D eigenvalue weighted by Crippen LogP contribution is 2.18. The molecular formula is C13H9N5. The number of nitriles is 1. The van der Waals surface area contributed by atoms with Gasteiger partial charge in [0.2, 0.25) is 0 Å². The van der Waals surface area contributed by atoms with E-state index in [1.54, 1.807) is 23.3 Å². The molecule has 3 aromatic rings. The normalized spacial score (nSPS) is 10.2. The molecule has 0 spiro atoms. The van der Waals surface area contributed by atoms with Crippen LogP contribution in [0, 0.1) is 11.3 Å². The van der Waals surface area contributed by atoms with E-state index in [0.29, 0.717) is 17.0 Å². The van der Waals surface area contributed by atoms with Crippen LogP contribution in [-0.4, -0.2) is 14.6 Å². The van der Waals surface area contributed by atoms with E-state index in [2.05, 4.69) is 21.5 Å². The SMILES string of the molecule is N#Cc1cn(Nc2ccccn2)c2ncccc12. The Morgan fingerprint density at radius 1 is 1.11 bits per heavy atom. The first-order chi connectivity index (χ1) is 8.88. The Balaban J connectivity index is 2.11. The number of nitrogens with one attached hydrogen (secondary N) is 1. The molecule has 3 heterocycles. The highest BCUT2D eigenvalue weighted by molar-refractivity contribution is 5.83. The van der Waals surface area contributed by atoms with Crippen LogP contribution in [0.1, 0.15) is 5.56 Å². The third-order valence-electron chi connectivity index (χ3n) is 2.58. The van der Waals surface area contributed by atoms with Crippen molar-refractivity contribution < 1.29 is 0 Å². The molecule has 0 amide bonds. The van der Waals surface area contributed by atoms with Crippen LogP contribution in [0.15, 0.2) is 48.9 Å². The third kappa shape index (κ3) is 1.66. The van der Waals surface area contributed by atoms with E-state index in [9.17, 15) is 0 Å². The number of aromatic nitrogens is 3. The van der Waals surface area contributed by atoms with Crippen molar-refractivity contribution in [3.8, 4) is 6.07 Å². The van der Waals surface area contributed by atoms with Crippen LogP contribution in [0.5, 0.6) is 0 Å². The first-order valence-corrected chi connectivity index (χ1v) is 5.43. The molecule has 0 bridgehead atoms. The van der Waals surface area contributed by atoms with E-state index in [1.807, 2.05) is 30.3 Å². The largest absolute Gasteiger partial charge is 0.276 e. The van der Waals surface area contributed by atoms with Crippen molar-refractivity contribution in [3.63, 3.8) is 0 Å². The van der Waals surface area contributed by atoms with Crippen LogP contribution in [0.4, 0.5) is 5.82 Å². The second-order valence-electron chi connectivity index (χ2n) is 3.73. The van der Waals surface area contributed by atoms with Crippen LogP contribution < -0.4 is 5.43 Å². The fraction of sp³-hybridized carbons (Fsp3) is 0. The fourth-order valence-corrected chi connectivity index (χ4v) is 1.79. The van der Waals surface area contributed by atoms with Gasteiger partial charge < -0.3 is 0 Å². The lowest BCUT2D eigenvalue weighted by atomic mass is 10.2. The zero-order chi connectivity index (χ0) is 12.4. The molecule has 5 heteroatoms. The molecule has 0 fully saturated rings. The maximum atomic E-state index is 9.08. The number of rotatable bonds is 2. The van der Waals surface area contributed by atoms with Crippen molar-refractivity contribution in [1.29, 1.82) is 5.26 Å². The molecule has 0 aliphatic carbocycles. The summed E-state index contributed by atoms with van der Waals surface area (Å²) in [5, 5.41) is 9.90. The Morgan fingerprint density at radius 2 is 2.00 bits per heavy atom. The summed E-state index contributed by atoms with van der Waals surface area (Å²) in [6.45, 7) is 0. The van der Waals surface area contributed by atoms with Gasteiger partial charge in [0, 0.05) is 24.0 Å². The van der Waals surface area contributed by atoms with Gasteiger partial charge in [0.1, 0.15) is 11.9 Å². The molecule has 3 aromatic heterocycles. The van der Waals surface area contributed by atoms with E-state index in [1.165, 1.54) is 0 Å². The van der Waals surface area contributed by atoms with Crippen LogP contribution in [0.2, 0.25) is 0 Å². The summed E-state index contributed by atoms with van der Waals surface area (Å²) in [5.41, 5.74) is 4.39. The van der Waals surface area contributed by atoms with Gasteiger partial charge in [0.15, 0.2) is 5.65 Å². The summed E-state index contributed by atoms with van der Waals surface area (Å²) in [6.07, 6.45) is 5.11. The van der Waals surface area contributed by atoms with Crippen LogP contribution >= 0.6 is 0 Å². The maximum Gasteiger partial charge on any atom is 0.160 e. The van der Waals surface area contributed by atoms with E-state index >= 15 is 0 Å². The summed E-state index contributed by atoms with van der Waals surface area (Å²) in [7, 11) is 0. The standard InChI is InChI=1S/C13H9N5/c14-8-10-9-18(13-11(10)4-3-7-16-13)17-12-5-1-2-6-15-12/h1-7,9H,(H,15,17). The summed E-state index contributed by atoms with van der Waals surface area (Å²) in [4.78, 5) is 8.44. The van der Waals surface area contributed by atoms with Crippen molar-refractivity contribution in [2.24, 2.45) is 0 Å². The van der Waals surface area contributed by atoms with Gasteiger partial charge in [0.05, 0.1) is 5.56 Å². The molecule has 1 N–H and O–H groups in total. The average Bonchev–Trinajstić information content (AvgIpc) is 2.78. The van der Waals surface area contributed by atoms with Crippen molar-refractivity contribution >= 4 is 16.9 Å². The molecule has 0 unspecified atom stereocenters. The topological polar surface area (TPSA) is 66.5 Å². The first kappa shape index (κ1) is 10.3. The van der Waals surface area contributed by atoms with Crippen molar-refractivity contribution in [3.05, 3.63) is 54.5 Å². The molecule has 86 valence electrons. The van der Waals surface area contributed by atoms with Gasteiger partial charge in [-0.3, -0.25) is 5.43 Å². The Kier molecular flexibility index (Phi) is 2.39. The minimum absolute atomic E-state index is 0.585. The van der Waals surface area contributed by atoms with Gasteiger partial charge in [-0.2, -0.15) is 5.26 Å². The average molecular weight is 235 g/mol. The van der Waals surface area contributed by atoms with Crippen molar-refractivity contribution in [2.75, 3.05) is 5.43 Å². The number of hydrogen-bond donors (Lipinski definition) is 1. The molecule has 0 saturated carbocycles. The van der Waals surface area contributed by atoms with E-state index in [4.69, 9.17) is 5.26 Å². The molecule has 18 heavy (non-hydrogen) atoms. The Bertz CT molecular complexity index is 724. The zero-order valence-electron chi connectivity index (χ0n) is 9.41. The summed E-state index contributed by atoms with van der Waals surface area (Å²) in [5.74, 6) is 0.699. The molecule has 0 aliphatic rings. The number of fused-ring (bicyclic) bond motifs is 1. The fourth-order valence-electron chi connectivity index (χ4n) is 1.79. The Hall–Kier alpha value is -2.87. The second-order valence-corrected chi connectivity index (χ2v) is 3.73. The lowest BCUT2D eigenvalue weighted by molar-refractivity contribution is 0.969. The monoisotopic (exact) mass is 235 g/mol. The van der Waals surface area contributed by atoms with Crippen LogP contribution in [0.25, 0.3) is 11.0 Å². The minimum Gasteiger partial charge on any atom is -0.276 e. The zero-order valence-corrected chi connectivity index (χ0v) is 9.41. The lowest BCUT2D eigenvalue weighted by Gasteiger charge is -2.06. The van der Waals surface area contributed by atoms with E-state index in [0.717, 1.165) is 5.39 Å². The Labute approximate surface area is 103 Å². The molecule has 0 atom stereocenters. The number of pyridine rings is 2. The van der Waals surface area contributed by atoms with E-state index in [-0.39, 0.29) is 0 Å². The first-order valence-electron chi connectivity index (χ1n) is 5.43. The van der Waals surface area contributed by atoms with Crippen LogP contribution in [0.3, 0.4) is 0 Å². The van der Waals surface area contributed by atoms with Gasteiger partial charge in [-0.05, 0) is 24.3 Å². The Morgan fingerprint density at radius 3 is 2.78 bits per heavy atom. The molecule has 5 nitrogen and oxygen atoms in total. The van der Waals surface area contributed by atoms with Gasteiger partial charge in [-0.25, -0.2) is 14.6 Å². The van der Waals surface area contributed by atoms with Gasteiger partial charge in [0.25, 0.3) is 0 Å². The van der Waals surface area contributed by atoms with Gasteiger partial charge in [-0.15, -0.1) is 0 Å². The molecule has 0 radical (unpaired) electrons.